The van der Waals surface area contributed by atoms with Gasteiger partial charge in [0.1, 0.15) is 18.1 Å². The molecule has 28 heavy (non-hydrogen) atoms. The van der Waals surface area contributed by atoms with Gasteiger partial charge in [-0.2, -0.15) is 0 Å². The van der Waals surface area contributed by atoms with Gasteiger partial charge in [-0.25, -0.2) is 0 Å². The Balaban J connectivity index is 1.60. The van der Waals surface area contributed by atoms with Crippen LogP contribution in [0.1, 0.15) is 25.8 Å². The van der Waals surface area contributed by atoms with Crippen LogP contribution in [0.4, 0.5) is 0 Å². The molecular weight excluding hydrogens is 350 g/mol. The van der Waals surface area contributed by atoms with Crippen LogP contribution in [0.2, 0.25) is 0 Å². The third kappa shape index (κ3) is 4.83. The molecule has 2 atom stereocenters. The first-order chi connectivity index (χ1) is 13.6. The molecule has 0 unspecified atom stereocenters. The highest BCUT2D eigenvalue weighted by atomic mass is 16.5. The molecule has 0 aliphatic carbocycles. The molecule has 4 heteroatoms. The molecule has 0 heterocycles. The number of rotatable bonds is 8. The minimum absolute atomic E-state index is 0.128. The second-order valence-corrected chi connectivity index (χ2v) is 6.98. The van der Waals surface area contributed by atoms with Gasteiger partial charge in [-0.15, -0.1) is 0 Å². The van der Waals surface area contributed by atoms with Gasteiger partial charge in [-0.1, -0.05) is 61.5 Å². The Bertz CT molecular complexity index is 933. The molecule has 3 aromatic carbocycles. The number of para-hydroxylation sites is 1. The van der Waals surface area contributed by atoms with Crippen molar-refractivity contribution in [2.45, 2.75) is 39.3 Å². The molecule has 0 aliphatic heterocycles. The number of nitrogens with one attached hydrogen (secondary N) is 1. The van der Waals surface area contributed by atoms with Crippen molar-refractivity contribution in [2.24, 2.45) is 0 Å². The van der Waals surface area contributed by atoms with Crippen molar-refractivity contribution >= 4 is 16.7 Å². The fraction of sp³-hybridized carbons (Fsp3) is 0.292. The van der Waals surface area contributed by atoms with Gasteiger partial charge in [0.25, 0.3) is 5.91 Å². The number of aryl methyl sites for hydroxylation is 1. The standard InChI is InChI=1S/C24H27NO3/c1-4-21(28-23-15-9-12-19-11-6-7-13-20(19)23)24(26)25-18(3)16-27-22-14-8-5-10-17(22)2/h5-15,18,21H,4,16H2,1-3H3,(H,25,26)/t18-,21+/m0/s1. The van der Waals surface area contributed by atoms with E-state index in [9.17, 15) is 4.79 Å². The van der Waals surface area contributed by atoms with Gasteiger partial charge >= 0.3 is 0 Å². The quantitative estimate of drug-likeness (QED) is 0.608. The minimum atomic E-state index is -0.549. The summed E-state index contributed by atoms with van der Waals surface area (Å²) >= 11 is 0. The van der Waals surface area contributed by atoms with Crippen molar-refractivity contribution in [3.8, 4) is 11.5 Å². The van der Waals surface area contributed by atoms with Gasteiger partial charge in [0.15, 0.2) is 6.10 Å². The summed E-state index contributed by atoms with van der Waals surface area (Å²) in [6.45, 7) is 6.29. The van der Waals surface area contributed by atoms with Crippen molar-refractivity contribution in [1.82, 2.24) is 5.32 Å². The number of fused-ring (bicyclic) bond motifs is 1. The van der Waals surface area contributed by atoms with E-state index in [2.05, 4.69) is 5.32 Å². The van der Waals surface area contributed by atoms with E-state index in [0.717, 1.165) is 27.8 Å². The molecule has 0 saturated heterocycles. The highest BCUT2D eigenvalue weighted by Crippen LogP contribution is 2.26. The maximum atomic E-state index is 12.7. The molecule has 0 spiro atoms. The van der Waals surface area contributed by atoms with Gasteiger partial charge < -0.3 is 14.8 Å². The van der Waals surface area contributed by atoms with Crippen LogP contribution in [0.25, 0.3) is 10.8 Å². The Kier molecular flexibility index (Phi) is 6.53. The van der Waals surface area contributed by atoms with Crippen LogP contribution < -0.4 is 14.8 Å². The van der Waals surface area contributed by atoms with Crippen LogP contribution in [-0.4, -0.2) is 24.7 Å². The van der Waals surface area contributed by atoms with Crippen molar-refractivity contribution in [2.75, 3.05) is 6.61 Å². The van der Waals surface area contributed by atoms with E-state index >= 15 is 0 Å². The second-order valence-electron chi connectivity index (χ2n) is 6.98. The van der Waals surface area contributed by atoms with E-state index in [-0.39, 0.29) is 11.9 Å². The lowest BCUT2D eigenvalue weighted by Crippen LogP contribution is -2.44. The van der Waals surface area contributed by atoms with Crippen LogP contribution in [0.3, 0.4) is 0 Å². The lowest BCUT2D eigenvalue weighted by atomic mass is 10.1. The first kappa shape index (κ1) is 19.7. The molecule has 3 aromatic rings. The van der Waals surface area contributed by atoms with E-state index in [1.807, 2.05) is 87.5 Å². The van der Waals surface area contributed by atoms with Crippen LogP contribution in [-0.2, 0) is 4.79 Å². The van der Waals surface area contributed by atoms with Gasteiger partial charge in [-0.3, -0.25) is 4.79 Å². The monoisotopic (exact) mass is 377 g/mol. The third-order valence-electron chi connectivity index (χ3n) is 4.65. The van der Waals surface area contributed by atoms with Crippen molar-refractivity contribution in [1.29, 1.82) is 0 Å². The molecule has 146 valence electrons. The molecule has 3 rings (SSSR count). The molecule has 0 aliphatic rings. The zero-order chi connectivity index (χ0) is 19.9. The maximum absolute atomic E-state index is 12.7. The molecule has 0 radical (unpaired) electrons. The highest BCUT2D eigenvalue weighted by Gasteiger charge is 2.21. The molecule has 0 aromatic heterocycles. The van der Waals surface area contributed by atoms with Crippen LogP contribution in [0.15, 0.2) is 66.7 Å². The molecule has 1 amide bonds. The lowest BCUT2D eigenvalue weighted by molar-refractivity contribution is -0.128. The number of hydrogen-bond donors (Lipinski definition) is 1. The average molecular weight is 377 g/mol. The zero-order valence-corrected chi connectivity index (χ0v) is 16.6. The van der Waals surface area contributed by atoms with Gasteiger partial charge in [-0.05, 0) is 43.4 Å². The van der Waals surface area contributed by atoms with E-state index < -0.39 is 6.10 Å². The van der Waals surface area contributed by atoms with Crippen LogP contribution >= 0.6 is 0 Å². The Morgan fingerprint density at radius 2 is 1.64 bits per heavy atom. The molecule has 4 nitrogen and oxygen atoms in total. The summed E-state index contributed by atoms with van der Waals surface area (Å²) in [5, 5.41) is 5.10. The van der Waals surface area contributed by atoms with Crippen molar-refractivity contribution < 1.29 is 14.3 Å². The Hall–Kier alpha value is -3.01. The maximum Gasteiger partial charge on any atom is 0.261 e. The number of carbonyl (C=O) groups excluding carboxylic acids is 1. The van der Waals surface area contributed by atoms with Gasteiger partial charge in [0, 0.05) is 5.39 Å². The summed E-state index contributed by atoms with van der Waals surface area (Å²) in [6, 6.07) is 21.6. The lowest BCUT2D eigenvalue weighted by Gasteiger charge is -2.21. The fourth-order valence-corrected chi connectivity index (χ4v) is 3.08. The molecule has 0 fully saturated rings. The Morgan fingerprint density at radius 3 is 2.43 bits per heavy atom. The molecule has 0 saturated carbocycles. The van der Waals surface area contributed by atoms with Crippen molar-refractivity contribution in [3.05, 3.63) is 72.3 Å². The summed E-state index contributed by atoms with van der Waals surface area (Å²) in [7, 11) is 0. The number of benzene rings is 3. The predicted octanol–water partition coefficient (Wildman–Crippen LogP) is 4.89. The number of ether oxygens (including phenoxy) is 2. The smallest absolute Gasteiger partial charge is 0.261 e. The van der Waals surface area contributed by atoms with E-state index in [1.54, 1.807) is 0 Å². The normalized spacial score (nSPS) is 13.0. The van der Waals surface area contributed by atoms with Crippen LogP contribution in [0, 0.1) is 6.92 Å². The highest BCUT2D eigenvalue weighted by molar-refractivity contribution is 5.89. The average Bonchev–Trinajstić information content (AvgIpc) is 2.71. The van der Waals surface area contributed by atoms with Gasteiger partial charge in [0.05, 0.1) is 6.04 Å². The summed E-state index contributed by atoms with van der Waals surface area (Å²) < 4.78 is 11.9. The van der Waals surface area contributed by atoms with E-state index in [1.165, 1.54) is 0 Å². The predicted molar refractivity (Wildman–Crippen MR) is 113 cm³/mol. The largest absolute Gasteiger partial charge is 0.491 e. The number of hydrogen-bond acceptors (Lipinski definition) is 3. The topological polar surface area (TPSA) is 47.6 Å². The molecule has 0 bridgehead atoms. The SMILES string of the molecule is CC[C@@H](Oc1cccc2ccccc12)C(=O)N[C@@H](C)COc1ccccc1C. The molecule has 1 N–H and O–H groups in total. The summed E-state index contributed by atoms with van der Waals surface area (Å²) in [6.07, 6.45) is 0.0344. The summed E-state index contributed by atoms with van der Waals surface area (Å²) in [5.74, 6) is 1.43. The number of carbonyl (C=O) groups is 1. The molecular formula is C24H27NO3. The van der Waals surface area contributed by atoms with E-state index in [4.69, 9.17) is 9.47 Å². The summed E-state index contributed by atoms with van der Waals surface area (Å²) in [4.78, 5) is 12.7. The Labute approximate surface area is 166 Å². The first-order valence-electron chi connectivity index (χ1n) is 9.71. The zero-order valence-electron chi connectivity index (χ0n) is 16.6. The second kappa shape index (κ2) is 9.27. The number of amides is 1. The summed E-state index contributed by atoms with van der Waals surface area (Å²) in [5.41, 5.74) is 1.08. The van der Waals surface area contributed by atoms with Gasteiger partial charge in [0.2, 0.25) is 0 Å². The van der Waals surface area contributed by atoms with Crippen LogP contribution in [0.5, 0.6) is 11.5 Å². The van der Waals surface area contributed by atoms with Crippen molar-refractivity contribution in [3.63, 3.8) is 0 Å². The Morgan fingerprint density at radius 1 is 0.964 bits per heavy atom. The fourth-order valence-electron chi connectivity index (χ4n) is 3.08. The minimum Gasteiger partial charge on any atom is -0.491 e. The first-order valence-corrected chi connectivity index (χ1v) is 9.71. The third-order valence-corrected chi connectivity index (χ3v) is 4.65. The van der Waals surface area contributed by atoms with E-state index in [0.29, 0.717) is 13.0 Å².